The van der Waals surface area contributed by atoms with E-state index >= 15 is 0 Å². The fourth-order valence-corrected chi connectivity index (χ4v) is 7.60. The van der Waals surface area contributed by atoms with Crippen LogP contribution in [0.5, 0.6) is 0 Å². The van der Waals surface area contributed by atoms with Crippen LogP contribution in [0.3, 0.4) is 0 Å². The van der Waals surface area contributed by atoms with E-state index in [9.17, 15) is 14.7 Å². The lowest BCUT2D eigenvalue weighted by molar-refractivity contribution is -0.137. The fourth-order valence-electron chi connectivity index (χ4n) is 7.60. The van der Waals surface area contributed by atoms with Crippen LogP contribution in [0.2, 0.25) is 0 Å². The molecule has 1 aromatic rings. The Morgan fingerprint density at radius 2 is 1.88 bits per heavy atom. The Morgan fingerprint density at radius 1 is 1.15 bits per heavy atom. The number of carbonyl (C=O) groups is 2. The molecule has 0 radical (unpaired) electrons. The van der Waals surface area contributed by atoms with E-state index in [2.05, 4.69) is 10.3 Å². The van der Waals surface area contributed by atoms with Gasteiger partial charge in [-0.05, 0) is 62.7 Å². The minimum Gasteiger partial charge on any atom is -0.390 e. The molecule has 2 unspecified atom stereocenters. The minimum atomic E-state index is -0.503. The molecule has 6 fully saturated rings. The summed E-state index contributed by atoms with van der Waals surface area (Å²) in [6, 6.07) is 0.140. The Balaban J connectivity index is 1.25. The molecular weight excluding hydrogens is 418 g/mol. The van der Waals surface area contributed by atoms with Crippen molar-refractivity contribution >= 4 is 17.8 Å². The fraction of sp³-hybridized carbons (Fsp3) is 0.760. The number of aliphatic hydroxyl groups is 1. The quantitative estimate of drug-likeness (QED) is 0.724. The van der Waals surface area contributed by atoms with E-state index in [-0.39, 0.29) is 30.3 Å². The molecule has 0 aromatic carbocycles. The van der Waals surface area contributed by atoms with Crippen LogP contribution in [-0.4, -0.2) is 70.1 Å². The van der Waals surface area contributed by atoms with E-state index in [0.29, 0.717) is 42.4 Å². The normalized spacial score (nSPS) is 36.0. The third kappa shape index (κ3) is 3.80. The number of aromatic nitrogens is 2. The molecule has 33 heavy (non-hydrogen) atoms. The molecule has 7 rings (SSSR count). The van der Waals surface area contributed by atoms with E-state index in [1.807, 2.05) is 11.9 Å². The Bertz CT molecular complexity index is 945. The van der Waals surface area contributed by atoms with Gasteiger partial charge in [0.05, 0.1) is 23.4 Å². The number of piperazine rings is 1. The number of likely N-dealkylation sites (N-methyl/N-ethyl adjacent to an activating group) is 1. The Labute approximate surface area is 195 Å². The largest absolute Gasteiger partial charge is 0.390 e. The maximum absolute atomic E-state index is 13.5. The zero-order chi connectivity index (χ0) is 22.7. The average molecular weight is 454 g/mol. The summed E-state index contributed by atoms with van der Waals surface area (Å²) in [5.41, 5.74) is 0.944. The van der Waals surface area contributed by atoms with E-state index in [1.54, 1.807) is 11.1 Å². The molecule has 6 aliphatic rings. The van der Waals surface area contributed by atoms with E-state index in [4.69, 9.17) is 4.98 Å². The number of amides is 2. The van der Waals surface area contributed by atoms with Gasteiger partial charge in [0.25, 0.3) is 5.91 Å². The molecule has 1 saturated heterocycles. The lowest BCUT2D eigenvalue weighted by Gasteiger charge is -2.58. The first-order chi connectivity index (χ1) is 15.9. The molecule has 2 N–H and O–H groups in total. The van der Waals surface area contributed by atoms with Crippen molar-refractivity contribution < 1.29 is 14.7 Å². The maximum Gasteiger partial charge on any atom is 0.254 e. The highest BCUT2D eigenvalue weighted by Crippen LogP contribution is 2.55. The van der Waals surface area contributed by atoms with Crippen molar-refractivity contribution in [2.45, 2.75) is 75.3 Å². The summed E-state index contributed by atoms with van der Waals surface area (Å²) in [4.78, 5) is 38.9. The van der Waals surface area contributed by atoms with Gasteiger partial charge in [-0.3, -0.25) is 9.59 Å². The molecule has 2 heterocycles. The molecule has 5 aliphatic carbocycles. The molecule has 1 aliphatic heterocycles. The second-order valence-corrected chi connectivity index (χ2v) is 11.4. The van der Waals surface area contributed by atoms with Crippen LogP contribution in [0, 0.1) is 17.8 Å². The highest BCUT2D eigenvalue weighted by atomic mass is 16.3. The zero-order valence-corrected chi connectivity index (χ0v) is 19.5. The smallest absolute Gasteiger partial charge is 0.254 e. The summed E-state index contributed by atoms with van der Waals surface area (Å²) in [6.07, 6.45) is 10.9. The Morgan fingerprint density at radius 3 is 2.55 bits per heavy atom. The standard InChI is InChI=1S/C25H35N5O3/c1-29-6-7-30(14-20(29)31)24-26-13-19(22(28-24)16-4-2-3-5-16)23(32)27-21-17-8-15-9-18(21)12-25(33,10-15)11-17/h13,15-18,21,33H,2-12,14H2,1H3,(H,27,32)/t15?,17?,18?,21-,25+. The third-order valence-electron chi connectivity index (χ3n) is 9.07. The lowest BCUT2D eigenvalue weighted by Crippen LogP contribution is -2.61. The van der Waals surface area contributed by atoms with Crippen LogP contribution in [0.15, 0.2) is 6.20 Å². The van der Waals surface area contributed by atoms with Gasteiger partial charge < -0.3 is 20.2 Å². The number of hydrogen-bond donors (Lipinski definition) is 2. The molecule has 2 amide bonds. The monoisotopic (exact) mass is 453 g/mol. The molecule has 178 valence electrons. The van der Waals surface area contributed by atoms with Gasteiger partial charge in [-0.1, -0.05) is 12.8 Å². The van der Waals surface area contributed by atoms with Crippen molar-refractivity contribution in [3.05, 3.63) is 17.5 Å². The van der Waals surface area contributed by atoms with Crippen molar-refractivity contribution in [1.29, 1.82) is 0 Å². The van der Waals surface area contributed by atoms with Crippen LogP contribution >= 0.6 is 0 Å². The number of nitrogens with one attached hydrogen (secondary N) is 1. The van der Waals surface area contributed by atoms with Gasteiger partial charge in [0.15, 0.2) is 0 Å². The second kappa shape index (κ2) is 7.93. The molecule has 4 bridgehead atoms. The topological polar surface area (TPSA) is 98.7 Å². The Kier molecular flexibility index (Phi) is 5.12. The van der Waals surface area contributed by atoms with Crippen LogP contribution in [0.1, 0.15) is 79.8 Å². The molecule has 0 spiro atoms. The van der Waals surface area contributed by atoms with E-state index < -0.39 is 5.60 Å². The number of hydrogen-bond acceptors (Lipinski definition) is 6. The second-order valence-electron chi connectivity index (χ2n) is 11.4. The number of carbonyl (C=O) groups excluding carboxylic acids is 2. The zero-order valence-electron chi connectivity index (χ0n) is 19.5. The number of anilines is 1. The summed E-state index contributed by atoms with van der Waals surface area (Å²) in [6.45, 7) is 1.63. The summed E-state index contributed by atoms with van der Waals surface area (Å²) in [7, 11) is 1.82. The van der Waals surface area contributed by atoms with Crippen LogP contribution < -0.4 is 10.2 Å². The summed E-state index contributed by atoms with van der Waals surface area (Å²) in [5.74, 6) is 2.19. The van der Waals surface area contributed by atoms with Gasteiger partial charge in [0, 0.05) is 38.3 Å². The lowest BCUT2D eigenvalue weighted by atomic mass is 9.52. The van der Waals surface area contributed by atoms with Crippen molar-refractivity contribution in [3.8, 4) is 0 Å². The molecule has 2 atom stereocenters. The highest BCUT2D eigenvalue weighted by molar-refractivity contribution is 5.95. The van der Waals surface area contributed by atoms with Crippen molar-refractivity contribution in [1.82, 2.24) is 20.2 Å². The number of nitrogens with zero attached hydrogens (tertiary/aromatic N) is 4. The molecule has 5 saturated carbocycles. The van der Waals surface area contributed by atoms with E-state index in [1.165, 1.54) is 0 Å². The van der Waals surface area contributed by atoms with Gasteiger partial charge in [-0.2, -0.15) is 0 Å². The first-order valence-corrected chi connectivity index (χ1v) is 12.8. The van der Waals surface area contributed by atoms with Gasteiger partial charge in [0.2, 0.25) is 11.9 Å². The van der Waals surface area contributed by atoms with Crippen LogP contribution in [-0.2, 0) is 4.79 Å². The van der Waals surface area contributed by atoms with Crippen molar-refractivity contribution in [3.63, 3.8) is 0 Å². The first-order valence-electron chi connectivity index (χ1n) is 12.8. The minimum absolute atomic E-state index is 0.0672. The van der Waals surface area contributed by atoms with Crippen LogP contribution in [0.4, 0.5) is 5.95 Å². The molecule has 8 heteroatoms. The van der Waals surface area contributed by atoms with Crippen molar-refractivity contribution in [2.75, 3.05) is 31.6 Å². The molecule has 8 nitrogen and oxygen atoms in total. The molecule has 1 aromatic heterocycles. The third-order valence-corrected chi connectivity index (χ3v) is 9.07. The molecular formula is C25H35N5O3. The van der Waals surface area contributed by atoms with E-state index in [0.717, 1.165) is 63.5 Å². The van der Waals surface area contributed by atoms with Gasteiger partial charge in [0.1, 0.15) is 0 Å². The average Bonchev–Trinajstić information content (AvgIpc) is 3.31. The van der Waals surface area contributed by atoms with Gasteiger partial charge >= 0.3 is 0 Å². The maximum atomic E-state index is 13.5. The summed E-state index contributed by atoms with van der Waals surface area (Å²) in [5, 5.41) is 14.3. The summed E-state index contributed by atoms with van der Waals surface area (Å²) < 4.78 is 0. The summed E-state index contributed by atoms with van der Waals surface area (Å²) >= 11 is 0. The predicted molar refractivity (Wildman–Crippen MR) is 123 cm³/mol. The number of rotatable bonds is 4. The van der Waals surface area contributed by atoms with Gasteiger partial charge in [-0.15, -0.1) is 0 Å². The first kappa shape index (κ1) is 21.3. The van der Waals surface area contributed by atoms with Gasteiger partial charge in [-0.25, -0.2) is 9.97 Å². The van der Waals surface area contributed by atoms with Crippen LogP contribution in [0.25, 0.3) is 0 Å². The Hall–Kier alpha value is -2.22. The van der Waals surface area contributed by atoms with Crippen molar-refractivity contribution in [2.24, 2.45) is 17.8 Å². The highest BCUT2D eigenvalue weighted by Gasteiger charge is 2.55. The SMILES string of the molecule is CN1CCN(c2ncc(C(=O)N[C@H]3C4CC5CC3C[C@@](O)(C5)C4)c(C3CCCC3)n2)CC1=O. The predicted octanol–water partition coefficient (Wildman–Crippen LogP) is 2.08.